The second-order valence-electron chi connectivity index (χ2n) is 4.78. The largest absolute Gasteiger partial charge is 0.491 e. The zero-order valence-electron chi connectivity index (χ0n) is 12.1. The highest BCUT2D eigenvalue weighted by molar-refractivity contribution is 6.04. The molecule has 0 saturated carbocycles. The third-order valence-corrected chi connectivity index (χ3v) is 3.21. The number of benzene rings is 1. The van der Waals surface area contributed by atoms with Crippen LogP contribution in [0.3, 0.4) is 0 Å². The van der Waals surface area contributed by atoms with Crippen molar-refractivity contribution in [3.8, 4) is 11.5 Å². The highest BCUT2D eigenvalue weighted by atomic mass is 16.5. The van der Waals surface area contributed by atoms with Crippen molar-refractivity contribution in [3.63, 3.8) is 0 Å². The van der Waals surface area contributed by atoms with Crippen molar-refractivity contribution in [1.82, 2.24) is 4.98 Å². The van der Waals surface area contributed by atoms with Gasteiger partial charge in [-0.2, -0.15) is 0 Å². The molecule has 2 aromatic rings. The van der Waals surface area contributed by atoms with Crippen LogP contribution in [0.5, 0.6) is 11.5 Å². The molecule has 0 radical (unpaired) electrons. The SMILES string of the molecule is COc1c[nH]c(C(=O)Nc2ccc3c(c2)NC(=O)CO3)cc1=O. The molecule has 1 aliphatic heterocycles. The van der Waals surface area contributed by atoms with Gasteiger partial charge in [-0.1, -0.05) is 0 Å². The Balaban J connectivity index is 1.80. The van der Waals surface area contributed by atoms with Gasteiger partial charge in [0.2, 0.25) is 5.43 Å². The van der Waals surface area contributed by atoms with E-state index in [-0.39, 0.29) is 24.0 Å². The Morgan fingerprint density at radius 2 is 2.13 bits per heavy atom. The minimum atomic E-state index is -0.493. The number of anilines is 2. The number of hydrogen-bond donors (Lipinski definition) is 3. The average molecular weight is 315 g/mol. The Labute approximate surface area is 130 Å². The lowest BCUT2D eigenvalue weighted by molar-refractivity contribution is -0.118. The first-order valence-electron chi connectivity index (χ1n) is 6.71. The van der Waals surface area contributed by atoms with Crippen molar-refractivity contribution in [2.24, 2.45) is 0 Å². The normalized spacial score (nSPS) is 12.7. The number of pyridine rings is 1. The molecular formula is C15H13N3O5. The monoisotopic (exact) mass is 315 g/mol. The molecule has 1 aromatic carbocycles. The molecule has 0 unspecified atom stereocenters. The zero-order valence-corrected chi connectivity index (χ0v) is 12.1. The summed E-state index contributed by atoms with van der Waals surface area (Å²) in [4.78, 5) is 37.8. The molecule has 3 rings (SSSR count). The molecule has 0 spiro atoms. The van der Waals surface area contributed by atoms with Crippen LogP contribution in [-0.4, -0.2) is 30.5 Å². The minimum absolute atomic E-state index is 0.0359. The van der Waals surface area contributed by atoms with E-state index in [0.717, 1.165) is 6.07 Å². The molecule has 8 heteroatoms. The van der Waals surface area contributed by atoms with Crippen LogP contribution in [0.15, 0.2) is 35.3 Å². The number of methoxy groups -OCH3 is 1. The highest BCUT2D eigenvalue weighted by Gasteiger charge is 2.17. The fraction of sp³-hybridized carbons (Fsp3) is 0.133. The van der Waals surface area contributed by atoms with E-state index in [1.54, 1.807) is 18.2 Å². The predicted octanol–water partition coefficient (Wildman–Crippen LogP) is 0.967. The van der Waals surface area contributed by atoms with E-state index in [4.69, 9.17) is 9.47 Å². The highest BCUT2D eigenvalue weighted by Crippen LogP contribution is 2.30. The third kappa shape index (κ3) is 3.00. The van der Waals surface area contributed by atoms with E-state index < -0.39 is 11.3 Å². The molecule has 0 fully saturated rings. The van der Waals surface area contributed by atoms with E-state index in [9.17, 15) is 14.4 Å². The molecule has 8 nitrogen and oxygen atoms in total. The number of H-pyrrole nitrogens is 1. The van der Waals surface area contributed by atoms with Crippen molar-refractivity contribution >= 4 is 23.2 Å². The van der Waals surface area contributed by atoms with E-state index in [2.05, 4.69) is 15.6 Å². The van der Waals surface area contributed by atoms with Crippen LogP contribution in [0.1, 0.15) is 10.5 Å². The van der Waals surface area contributed by atoms with E-state index in [1.165, 1.54) is 13.3 Å². The molecule has 0 bridgehead atoms. The first kappa shape index (κ1) is 14.6. The standard InChI is InChI=1S/C15H13N3O5/c1-22-13-6-16-10(5-11(13)19)15(21)17-8-2-3-12-9(4-8)18-14(20)7-23-12/h2-6H,7H2,1H3,(H,16,19)(H,17,21)(H,18,20). The fourth-order valence-electron chi connectivity index (χ4n) is 2.11. The molecule has 0 atom stereocenters. The summed E-state index contributed by atoms with van der Waals surface area (Å²) in [6.45, 7) is -0.0359. The summed E-state index contributed by atoms with van der Waals surface area (Å²) in [5.74, 6) is -0.108. The molecule has 23 heavy (non-hydrogen) atoms. The molecule has 118 valence electrons. The number of fused-ring (bicyclic) bond motifs is 1. The Kier molecular flexibility index (Phi) is 3.71. The first-order valence-corrected chi connectivity index (χ1v) is 6.71. The Bertz CT molecular complexity index is 843. The summed E-state index contributed by atoms with van der Waals surface area (Å²) in [6, 6.07) is 6.00. The topological polar surface area (TPSA) is 110 Å². The van der Waals surface area contributed by atoms with Crippen molar-refractivity contribution in [2.45, 2.75) is 0 Å². The smallest absolute Gasteiger partial charge is 0.272 e. The van der Waals surface area contributed by atoms with Crippen molar-refractivity contribution in [1.29, 1.82) is 0 Å². The van der Waals surface area contributed by atoms with Crippen LogP contribution in [0.4, 0.5) is 11.4 Å². The molecule has 2 amide bonds. The predicted molar refractivity (Wildman–Crippen MR) is 82.1 cm³/mol. The lowest BCUT2D eigenvalue weighted by atomic mass is 10.2. The van der Waals surface area contributed by atoms with Gasteiger partial charge in [-0.25, -0.2) is 0 Å². The summed E-state index contributed by atoms with van der Waals surface area (Å²) >= 11 is 0. The fourth-order valence-corrected chi connectivity index (χ4v) is 2.11. The van der Waals surface area contributed by atoms with Gasteiger partial charge in [-0.3, -0.25) is 14.4 Å². The number of nitrogens with one attached hydrogen (secondary N) is 3. The van der Waals surface area contributed by atoms with Crippen LogP contribution >= 0.6 is 0 Å². The number of hydrogen-bond acceptors (Lipinski definition) is 5. The number of carbonyl (C=O) groups excluding carboxylic acids is 2. The third-order valence-electron chi connectivity index (χ3n) is 3.21. The Hall–Kier alpha value is -3.29. The first-order chi connectivity index (χ1) is 11.1. The molecule has 0 saturated heterocycles. The maximum atomic E-state index is 12.2. The van der Waals surface area contributed by atoms with Gasteiger partial charge in [0.15, 0.2) is 12.4 Å². The van der Waals surface area contributed by atoms with Crippen LogP contribution in [0.2, 0.25) is 0 Å². The van der Waals surface area contributed by atoms with E-state index in [1.807, 2.05) is 0 Å². The molecule has 1 aliphatic rings. The second-order valence-corrected chi connectivity index (χ2v) is 4.78. The molecule has 1 aromatic heterocycles. The number of ether oxygens (including phenoxy) is 2. The van der Waals surface area contributed by atoms with Gasteiger partial charge < -0.3 is 25.1 Å². The lowest BCUT2D eigenvalue weighted by Gasteiger charge is -2.18. The second kappa shape index (κ2) is 5.84. The zero-order chi connectivity index (χ0) is 16.4. The number of rotatable bonds is 3. The van der Waals surface area contributed by atoms with Crippen molar-refractivity contribution < 1.29 is 19.1 Å². The Morgan fingerprint density at radius 3 is 2.87 bits per heavy atom. The molecule has 3 N–H and O–H groups in total. The summed E-state index contributed by atoms with van der Waals surface area (Å²) in [5.41, 5.74) is 0.620. The van der Waals surface area contributed by atoms with Crippen LogP contribution in [0, 0.1) is 0 Å². The number of carbonyl (C=O) groups is 2. The van der Waals surface area contributed by atoms with Gasteiger partial charge in [0.05, 0.1) is 12.8 Å². The van der Waals surface area contributed by atoms with Crippen LogP contribution < -0.4 is 25.5 Å². The van der Waals surface area contributed by atoms with Crippen LogP contribution in [-0.2, 0) is 4.79 Å². The minimum Gasteiger partial charge on any atom is -0.491 e. The maximum absolute atomic E-state index is 12.2. The lowest BCUT2D eigenvalue weighted by Crippen LogP contribution is -2.25. The summed E-state index contributed by atoms with van der Waals surface area (Å²) < 4.78 is 10.1. The van der Waals surface area contributed by atoms with E-state index in [0.29, 0.717) is 17.1 Å². The van der Waals surface area contributed by atoms with Gasteiger partial charge >= 0.3 is 0 Å². The molecule has 0 aliphatic carbocycles. The van der Waals surface area contributed by atoms with Gasteiger partial charge in [0, 0.05) is 18.0 Å². The summed E-state index contributed by atoms with van der Waals surface area (Å²) in [5, 5.41) is 5.28. The summed E-state index contributed by atoms with van der Waals surface area (Å²) in [7, 11) is 1.37. The molecular weight excluding hydrogens is 302 g/mol. The van der Waals surface area contributed by atoms with Crippen LogP contribution in [0.25, 0.3) is 0 Å². The maximum Gasteiger partial charge on any atom is 0.272 e. The summed E-state index contributed by atoms with van der Waals surface area (Å²) in [6.07, 6.45) is 1.32. The molecule has 2 heterocycles. The number of amides is 2. The Morgan fingerprint density at radius 1 is 1.30 bits per heavy atom. The van der Waals surface area contributed by atoms with E-state index >= 15 is 0 Å². The quantitative estimate of drug-likeness (QED) is 0.782. The number of aromatic amines is 1. The van der Waals surface area contributed by atoms with Gasteiger partial charge in [0.1, 0.15) is 11.4 Å². The average Bonchev–Trinajstić information content (AvgIpc) is 2.54. The van der Waals surface area contributed by atoms with Gasteiger partial charge in [-0.05, 0) is 18.2 Å². The van der Waals surface area contributed by atoms with Gasteiger partial charge in [0.25, 0.3) is 11.8 Å². The van der Waals surface area contributed by atoms with Crippen molar-refractivity contribution in [3.05, 3.63) is 46.4 Å². The van der Waals surface area contributed by atoms with Gasteiger partial charge in [-0.15, -0.1) is 0 Å². The van der Waals surface area contributed by atoms with Crippen molar-refractivity contribution in [2.75, 3.05) is 24.4 Å². The number of aromatic nitrogens is 1.